The fraction of sp³-hybridized carbons (Fsp3) is 0.0952. The molecule has 6 N–H and O–H groups in total. The van der Waals surface area contributed by atoms with E-state index in [2.05, 4.69) is 39.1 Å². The van der Waals surface area contributed by atoms with E-state index >= 15 is 0 Å². The summed E-state index contributed by atoms with van der Waals surface area (Å²) in [4.78, 5) is 9.93. The van der Waals surface area contributed by atoms with E-state index in [1.54, 1.807) is 0 Å². The SMILES string of the molecule is O=S(=O)(O)OCCS(=O)(=O)c1ccc(Nc2nc(F)nc(Nc3ccc4c(O)cc(SOOO)cc4c3S(=O)(=O)O)n2)cc1. The molecule has 1 aromatic heterocycles. The maximum atomic E-state index is 14.3. The second kappa shape index (κ2) is 13.1. The number of benzene rings is 3. The molecule has 4 rings (SSSR count). The van der Waals surface area contributed by atoms with Crippen molar-refractivity contribution in [1.29, 1.82) is 0 Å². The number of rotatable bonds is 13. The van der Waals surface area contributed by atoms with E-state index in [1.807, 2.05) is 0 Å². The van der Waals surface area contributed by atoms with Crippen LogP contribution < -0.4 is 10.6 Å². The van der Waals surface area contributed by atoms with Gasteiger partial charge in [-0.1, -0.05) is 5.04 Å². The number of phenolic OH excluding ortho intramolecular Hbond substituents is 1. The first kappa shape index (κ1) is 33.1. The number of anilines is 4. The molecule has 44 heavy (non-hydrogen) atoms. The predicted molar refractivity (Wildman–Crippen MR) is 148 cm³/mol. The van der Waals surface area contributed by atoms with Gasteiger partial charge in [0, 0.05) is 21.4 Å². The summed E-state index contributed by atoms with van der Waals surface area (Å²) in [6, 6.07) is 9.52. The molecule has 0 fully saturated rings. The van der Waals surface area contributed by atoms with Gasteiger partial charge in [-0.2, -0.15) is 36.2 Å². The van der Waals surface area contributed by atoms with E-state index in [9.17, 15) is 39.3 Å². The summed E-state index contributed by atoms with van der Waals surface area (Å²) < 4.78 is 112. The average Bonchev–Trinajstić information content (AvgIpc) is 2.90. The Hall–Kier alpha value is -3.78. The highest BCUT2D eigenvalue weighted by molar-refractivity contribution is 7.94. The number of halogens is 1. The van der Waals surface area contributed by atoms with Crippen molar-refractivity contribution >= 4 is 76.4 Å². The summed E-state index contributed by atoms with van der Waals surface area (Å²) >= 11 is 0.400. The number of fused-ring (bicyclic) bond motifs is 1. The first-order valence-electron chi connectivity index (χ1n) is 11.4. The predicted octanol–water partition coefficient (Wildman–Crippen LogP) is 2.62. The molecule has 0 bridgehead atoms. The maximum absolute atomic E-state index is 14.3. The summed E-state index contributed by atoms with van der Waals surface area (Å²) in [6.45, 7) is -0.827. The standard InChI is InChI=1S/C21H18FN5O13S4/c22-19-25-20(23-11-1-3-13(4-2-11)42(30,31)8-7-38-44(35,36)37)27-21(26-19)24-16-6-5-14-15(18(16)43(32,33)34)9-12(10-17(14)28)41-40-39-29/h1-6,9-10,28-29H,7-8H2,(H,32,33,34)(H,35,36,37)(H2,23,24,25,26,27). The molecule has 0 amide bonds. The van der Waals surface area contributed by atoms with Crippen molar-refractivity contribution < 1.29 is 62.7 Å². The average molecular weight is 696 g/mol. The lowest BCUT2D eigenvalue weighted by atomic mass is 10.1. The number of nitrogens with one attached hydrogen (secondary N) is 2. The number of aromatic hydroxyl groups is 1. The van der Waals surface area contributed by atoms with Gasteiger partial charge in [0.15, 0.2) is 9.84 Å². The minimum atomic E-state index is -5.02. The fourth-order valence-electron chi connectivity index (χ4n) is 3.67. The van der Waals surface area contributed by atoms with Crippen molar-refractivity contribution in [2.75, 3.05) is 23.0 Å². The fourth-order valence-corrected chi connectivity index (χ4v) is 6.43. The summed E-state index contributed by atoms with van der Waals surface area (Å²) in [5, 5.41) is 27.0. The van der Waals surface area contributed by atoms with Gasteiger partial charge < -0.3 is 15.7 Å². The lowest BCUT2D eigenvalue weighted by Gasteiger charge is -2.14. The van der Waals surface area contributed by atoms with Crippen molar-refractivity contribution in [3.05, 3.63) is 54.6 Å². The summed E-state index contributed by atoms with van der Waals surface area (Å²) in [5.41, 5.74) is -0.182. The number of sulfone groups is 1. The highest BCUT2D eigenvalue weighted by Gasteiger charge is 2.23. The second-order valence-corrected chi connectivity index (χ2v) is 13.6. The minimum absolute atomic E-state index is 0.0157. The zero-order chi connectivity index (χ0) is 32.3. The normalized spacial score (nSPS) is 12.4. The molecule has 0 atom stereocenters. The molecular formula is C21H18FN5O13S4. The Balaban J connectivity index is 1.61. The molecule has 0 aliphatic carbocycles. The number of aromatic nitrogens is 3. The van der Waals surface area contributed by atoms with E-state index in [0.717, 1.165) is 24.3 Å². The lowest BCUT2D eigenvalue weighted by Crippen LogP contribution is -2.15. The molecule has 3 aromatic carbocycles. The van der Waals surface area contributed by atoms with Crippen LogP contribution in [0.1, 0.15) is 0 Å². The molecule has 0 saturated carbocycles. The molecule has 0 unspecified atom stereocenters. The molecule has 23 heteroatoms. The Morgan fingerprint density at radius 2 is 1.52 bits per heavy atom. The Labute approximate surface area is 251 Å². The van der Waals surface area contributed by atoms with Gasteiger partial charge in [-0.15, -0.1) is 4.33 Å². The van der Waals surface area contributed by atoms with E-state index in [-0.39, 0.29) is 31.9 Å². The number of hydrogen-bond donors (Lipinski definition) is 6. The summed E-state index contributed by atoms with van der Waals surface area (Å²) in [6.07, 6.45) is -1.32. The zero-order valence-electron chi connectivity index (χ0n) is 21.3. The van der Waals surface area contributed by atoms with Crippen molar-refractivity contribution in [1.82, 2.24) is 15.0 Å². The smallest absolute Gasteiger partial charge is 0.397 e. The highest BCUT2D eigenvalue weighted by atomic mass is 32.3. The maximum Gasteiger partial charge on any atom is 0.397 e. The van der Waals surface area contributed by atoms with Gasteiger partial charge in [0.2, 0.25) is 11.9 Å². The Morgan fingerprint density at radius 3 is 2.14 bits per heavy atom. The number of hydrogen-bond acceptors (Lipinski definition) is 17. The third kappa shape index (κ3) is 8.44. The molecule has 236 valence electrons. The van der Waals surface area contributed by atoms with Gasteiger partial charge in [-0.3, -0.25) is 9.11 Å². The topological polar surface area (TPSA) is 274 Å². The Morgan fingerprint density at radius 1 is 0.864 bits per heavy atom. The van der Waals surface area contributed by atoms with Gasteiger partial charge in [0.05, 0.1) is 35.0 Å². The number of phenols is 1. The summed E-state index contributed by atoms with van der Waals surface area (Å²) in [7, 11) is -13.9. The van der Waals surface area contributed by atoms with Crippen LogP contribution in [0.3, 0.4) is 0 Å². The molecule has 4 aromatic rings. The van der Waals surface area contributed by atoms with Crippen LogP contribution in [0.2, 0.25) is 0 Å². The molecule has 0 spiro atoms. The van der Waals surface area contributed by atoms with Crippen LogP contribution in [-0.4, -0.2) is 72.0 Å². The van der Waals surface area contributed by atoms with Crippen molar-refractivity contribution in [3.63, 3.8) is 0 Å². The highest BCUT2D eigenvalue weighted by Crippen LogP contribution is 2.39. The first-order valence-corrected chi connectivity index (χ1v) is 16.6. The Kier molecular flexibility index (Phi) is 9.83. The van der Waals surface area contributed by atoms with Crippen molar-refractivity contribution in [3.8, 4) is 5.75 Å². The van der Waals surface area contributed by atoms with Gasteiger partial charge in [-0.25, -0.2) is 17.9 Å². The molecule has 0 aliphatic rings. The molecule has 18 nitrogen and oxygen atoms in total. The van der Waals surface area contributed by atoms with Crippen LogP contribution in [0.4, 0.5) is 27.7 Å². The third-order valence-corrected chi connectivity index (χ3v) is 9.04. The largest absolute Gasteiger partial charge is 0.507 e. The zero-order valence-corrected chi connectivity index (χ0v) is 24.6. The van der Waals surface area contributed by atoms with Crippen LogP contribution in [0.15, 0.2) is 63.2 Å². The van der Waals surface area contributed by atoms with E-state index in [4.69, 9.17) is 9.81 Å². The van der Waals surface area contributed by atoms with E-state index in [0.29, 0.717) is 12.0 Å². The van der Waals surface area contributed by atoms with Gasteiger partial charge in [-0.05, 0) is 48.5 Å². The van der Waals surface area contributed by atoms with Crippen molar-refractivity contribution in [2.24, 2.45) is 0 Å². The monoisotopic (exact) mass is 695 g/mol. The quantitative estimate of drug-likeness (QED) is 0.0507. The lowest BCUT2D eigenvalue weighted by molar-refractivity contribution is -0.432. The van der Waals surface area contributed by atoms with Crippen LogP contribution in [0, 0.1) is 6.08 Å². The van der Waals surface area contributed by atoms with Gasteiger partial charge in [0.25, 0.3) is 10.1 Å². The summed E-state index contributed by atoms with van der Waals surface area (Å²) in [5.74, 6) is -2.14. The molecule has 1 heterocycles. The first-order chi connectivity index (χ1) is 20.6. The second-order valence-electron chi connectivity index (χ2n) is 8.28. The van der Waals surface area contributed by atoms with Crippen LogP contribution in [0.25, 0.3) is 10.8 Å². The molecule has 0 radical (unpaired) electrons. The molecule has 0 saturated heterocycles. The minimum Gasteiger partial charge on any atom is -0.507 e. The molecule has 0 aliphatic heterocycles. The van der Waals surface area contributed by atoms with E-state index < -0.39 is 71.3 Å². The Bertz CT molecular complexity index is 2030. The van der Waals surface area contributed by atoms with Crippen LogP contribution in [0.5, 0.6) is 5.75 Å². The van der Waals surface area contributed by atoms with Crippen LogP contribution in [-0.2, 0) is 43.9 Å². The van der Waals surface area contributed by atoms with Gasteiger partial charge >= 0.3 is 16.5 Å². The molecular weight excluding hydrogens is 678 g/mol. The van der Waals surface area contributed by atoms with E-state index in [1.165, 1.54) is 24.3 Å². The third-order valence-electron chi connectivity index (χ3n) is 5.36. The van der Waals surface area contributed by atoms with Crippen LogP contribution >= 0.6 is 12.0 Å². The van der Waals surface area contributed by atoms with Gasteiger partial charge in [0.1, 0.15) is 10.6 Å². The van der Waals surface area contributed by atoms with Crippen molar-refractivity contribution in [2.45, 2.75) is 14.7 Å². The number of nitrogens with zero attached hydrogens (tertiary/aromatic N) is 3.